The topological polar surface area (TPSA) is 114 Å². The molecule has 0 fully saturated rings. The van der Waals surface area contributed by atoms with Crippen LogP contribution in [0.2, 0.25) is 0 Å². The second-order valence-electron chi connectivity index (χ2n) is 10.3. The van der Waals surface area contributed by atoms with Crippen LogP contribution in [0.4, 0.5) is 10.7 Å². The molecule has 4 aromatic rings. The van der Waals surface area contributed by atoms with Crippen molar-refractivity contribution >= 4 is 74.9 Å². The number of thiophene rings is 2. The molecule has 226 valence electrons. The van der Waals surface area contributed by atoms with Gasteiger partial charge in [0.25, 0.3) is 11.8 Å². The number of carbonyl (C=O) groups excluding carboxylic acids is 4. The molecule has 3 amide bonds. The van der Waals surface area contributed by atoms with E-state index < -0.39 is 17.8 Å². The van der Waals surface area contributed by atoms with Crippen LogP contribution in [0.1, 0.15) is 49.4 Å². The average molecular weight is 646 g/mol. The molecule has 44 heavy (non-hydrogen) atoms. The first kappa shape index (κ1) is 31.2. The predicted molar refractivity (Wildman–Crippen MR) is 177 cm³/mol. The van der Waals surface area contributed by atoms with E-state index in [0.29, 0.717) is 27.7 Å². The fourth-order valence-electron chi connectivity index (χ4n) is 4.79. The highest BCUT2D eigenvalue weighted by Gasteiger charge is 2.29. The second-order valence-corrected chi connectivity index (χ2v) is 13.4. The fourth-order valence-corrected chi connectivity index (χ4v) is 7.62. The van der Waals surface area contributed by atoms with Crippen molar-refractivity contribution in [3.8, 4) is 0 Å². The summed E-state index contributed by atoms with van der Waals surface area (Å²) in [6.45, 7) is 2.19. The van der Waals surface area contributed by atoms with Gasteiger partial charge in [-0.3, -0.25) is 14.4 Å². The Hall–Kier alpha value is -4.19. The quantitative estimate of drug-likeness (QED) is 0.0987. The van der Waals surface area contributed by atoms with Gasteiger partial charge in [0.1, 0.15) is 10.7 Å². The van der Waals surface area contributed by atoms with Crippen molar-refractivity contribution < 1.29 is 23.9 Å². The Morgan fingerprint density at radius 1 is 1.02 bits per heavy atom. The van der Waals surface area contributed by atoms with Crippen LogP contribution < -0.4 is 16.0 Å². The van der Waals surface area contributed by atoms with Crippen LogP contribution in [-0.2, 0) is 27.2 Å². The molecule has 2 heterocycles. The van der Waals surface area contributed by atoms with Crippen molar-refractivity contribution in [2.45, 2.75) is 31.1 Å². The average Bonchev–Trinajstić information content (AvgIpc) is 3.67. The van der Waals surface area contributed by atoms with Crippen molar-refractivity contribution in [2.75, 3.05) is 23.5 Å². The molecule has 1 aliphatic rings. The number of methoxy groups -OCH3 is 1. The van der Waals surface area contributed by atoms with Crippen LogP contribution in [0.25, 0.3) is 6.08 Å². The third kappa shape index (κ3) is 7.85. The smallest absolute Gasteiger partial charge is 0.341 e. The summed E-state index contributed by atoms with van der Waals surface area (Å²) in [7, 11) is 1.35. The van der Waals surface area contributed by atoms with Gasteiger partial charge < -0.3 is 20.7 Å². The molecule has 2 aromatic carbocycles. The predicted octanol–water partition coefficient (Wildman–Crippen LogP) is 6.86. The zero-order chi connectivity index (χ0) is 31.1. The first-order valence-electron chi connectivity index (χ1n) is 14.0. The van der Waals surface area contributed by atoms with E-state index in [0.717, 1.165) is 39.5 Å². The Kier molecular flexibility index (Phi) is 10.3. The zero-order valence-corrected chi connectivity index (χ0v) is 26.6. The van der Waals surface area contributed by atoms with Crippen molar-refractivity contribution in [1.29, 1.82) is 0 Å². The number of hydrogen-bond acceptors (Lipinski definition) is 8. The number of nitrogens with one attached hydrogen (secondary N) is 3. The number of anilines is 2. The highest BCUT2D eigenvalue weighted by Crippen LogP contribution is 2.40. The summed E-state index contributed by atoms with van der Waals surface area (Å²) in [5.74, 6) is -0.916. The van der Waals surface area contributed by atoms with Crippen molar-refractivity contribution in [3.05, 3.63) is 104 Å². The molecule has 0 bridgehead atoms. The molecule has 0 saturated heterocycles. The SMILES string of the molecule is COC(=O)c1c(NC(=O)CSc2cccc(NC(=O)/C(=C/c3cccs3)NC(=O)c3ccccc3)c2)sc2c1CCC(C)C2. The minimum atomic E-state index is -0.478. The lowest BCUT2D eigenvalue weighted by atomic mass is 9.88. The molecule has 5 rings (SSSR count). The lowest BCUT2D eigenvalue weighted by molar-refractivity contribution is -0.114. The van der Waals surface area contributed by atoms with Gasteiger partial charge in [0.05, 0.1) is 18.4 Å². The molecule has 0 aliphatic heterocycles. The molecule has 8 nitrogen and oxygen atoms in total. The van der Waals surface area contributed by atoms with Gasteiger partial charge in [0, 0.05) is 25.9 Å². The lowest BCUT2D eigenvalue weighted by Crippen LogP contribution is -2.30. The van der Waals surface area contributed by atoms with Gasteiger partial charge in [-0.25, -0.2) is 4.79 Å². The van der Waals surface area contributed by atoms with Gasteiger partial charge in [0.2, 0.25) is 5.91 Å². The van der Waals surface area contributed by atoms with Crippen molar-refractivity contribution in [2.24, 2.45) is 5.92 Å². The monoisotopic (exact) mass is 645 g/mol. The van der Waals surface area contributed by atoms with Gasteiger partial charge in [-0.2, -0.15) is 0 Å². The van der Waals surface area contributed by atoms with Gasteiger partial charge in [0.15, 0.2) is 0 Å². The van der Waals surface area contributed by atoms with Crippen LogP contribution in [0.3, 0.4) is 0 Å². The summed E-state index contributed by atoms with van der Waals surface area (Å²) in [6, 6.07) is 19.5. The van der Waals surface area contributed by atoms with Crippen molar-refractivity contribution in [1.82, 2.24) is 5.32 Å². The number of amides is 3. The molecule has 0 saturated carbocycles. The maximum Gasteiger partial charge on any atom is 0.341 e. The number of ether oxygens (including phenoxy) is 1. The largest absolute Gasteiger partial charge is 0.465 e. The maximum absolute atomic E-state index is 13.3. The molecule has 11 heteroatoms. The number of thioether (sulfide) groups is 1. The van der Waals surface area contributed by atoms with Crippen LogP contribution in [0.5, 0.6) is 0 Å². The van der Waals surface area contributed by atoms with E-state index in [1.807, 2.05) is 29.6 Å². The Bertz CT molecular complexity index is 1700. The molecule has 3 N–H and O–H groups in total. The third-order valence-corrected chi connectivity index (χ3v) is 9.96. The first-order chi connectivity index (χ1) is 21.3. The number of carbonyl (C=O) groups is 4. The molecule has 0 radical (unpaired) electrons. The van der Waals surface area contributed by atoms with E-state index >= 15 is 0 Å². The minimum absolute atomic E-state index is 0.105. The van der Waals surface area contributed by atoms with E-state index in [-0.39, 0.29) is 17.4 Å². The van der Waals surface area contributed by atoms with Crippen LogP contribution in [0.15, 0.2) is 82.7 Å². The molecular formula is C33H31N3O5S3. The number of rotatable bonds is 10. The summed E-state index contributed by atoms with van der Waals surface area (Å²) >= 11 is 4.21. The Balaban J connectivity index is 1.24. The Labute approximate surface area is 267 Å². The van der Waals surface area contributed by atoms with Crippen LogP contribution >= 0.6 is 34.4 Å². The van der Waals surface area contributed by atoms with E-state index in [9.17, 15) is 19.2 Å². The van der Waals surface area contributed by atoms with Gasteiger partial charge in [-0.05, 0) is 78.6 Å². The number of benzene rings is 2. The molecule has 1 aliphatic carbocycles. The zero-order valence-electron chi connectivity index (χ0n) is 24.2. The number of fused-ring (bicyclic) bond motifs is 1. The van der Waals surface area contributed by atoms with E-state index in [1.54, 1.807) is 48.5 Å². The number of hydrogen-bond donors (Lipinski definition) is 3. The third-order valence-electron chi connectivity index (χ3n) is 6.97. The second kappa shape index (κ2) is 14.5. The fraction of sp³-hybridized carbons (Fsp3) is 0.212. The molecule has 1 atom stereocenters. The number of esters is 1. The highest BCUT2D eigenvalue weighted by molar-refractivity contribution is 8.00. The summed E-state index contributed by atoms with van der Waals surface area (Å²) in [5, 5.41) is 10.9. The van der Waals surface area contributed by atoms with Gasteiger partial charge in [-0.1, -0.05) is 37.3 Å². The minimum Gasteiger partial charge on any atom is -0.465 e. The lowest BCUT2D eigenvalue weighted by Gasteiger charge is -2.18. The molecular weight excluding hydrogens is 615 g/mol. The normalized spacial score (nSPS) is 14.3. The molecule has 2 aromatic heterocycles. The summed E-state index contributed by atoms with van der Waals surface area (Å²) < 4.78 is 5.02. The standard InChI is InChI=1S/C33H31N3O5S3/c1-20-13-14-25-27(16-20)44-32(29(25)33(40)41-2)36-28(37)19-43-23-11-6-10-22(17-23)34-31(39)26(18-24-12-7-15-42-24)35-30(38)21-8-4-3-5-9-21/h3-12,15,17-18,20H,13-14,16,19H2,1-2H3,(H,34,39)(H,35,38)(H,36,37)/b26-18-. The first-order valence-corrected chi connectivity index (χ1v) is 16.7. The Morgan fingerprint density at radius 2 is 1.84 bits per heavy atom. The van der Waals surface area contributed by atoms with Gasteiger partial charge >= 0.3 is 5.97 Å². The summed E-state index contributed by atoms with van der Waals surface area (Å²) in [4.78, 5) is 54.4. The summed E-state index contributed by atoms with van der Waals surface area (Å²) in [5.41, 5.74) is 2.50. The van der Waals surface area contributed by atoms with Crippen molar-refractivity contribution in [3.63, 3.8) is 0 Å². The van der Waals surface area contributed by atoms with Gasteiger partial charge in [-0.15, -0.1) is 34.4 Å². The maximum atomic E-state index is 13.3. The highest BCUT2D eigenvalue weighted by atomic mass is 32.2. The summed E-state index contributed by atoms with van der Waals surface area (Å²) in [6.07, 6.45) is 4.30. The van der Waals surface area contributed by atoms with E-state index in [2.05, 4.69) is 22.9 Å². The van der Waals surface area contributed by atoms with E-state index in [1.165, 1.54) is 41.5 Å². The van der Waals surface area contributed by atoms with Crippen LogP contribution in [-0.4, -0.2) is 36.6 Å². The van der Waals surface area contributed by atoms with E-state index in [4.69, 9.17) is 4.74 Å². The molecule has 0 spiro atoms. The Morgan fingerprint density at radius 3 is 2.59 bits per heavy atom. The molecule has 1 unspecified atom stereocenters. The van der Waals surface area contributed by atoms with Crippen LogP contribution in [0, 0.1) is 5.92 Å².